The van der Waals surface area contributed by atoms with E-state index in [2.05, 4.69) is 5.32 Å². The molecule has 0 bridgehead atoms. The highest BCUT2D eigenvalue weighted by molar-refractivity contribution is 7.89. The predicted octanol–water partition coefficient (Wildman–Crippen LogP) is 3.04. The van der Waals surface area contributed by atoms with E-state index in [4.69, 9.17) is 4.74 Å². The van der Waals surface area contributed by atoms with Gasteiger partial charge in [0.05, 0.1) is 10.5 Å². The van der Waals surface area contributed by atoms with Crippen LogP contribution in [0.3, 0.4) is 0 Å². The number of halogens is 1. The second-order valence-electron chi connectivity index (χ2n) is 6.16. The Morgan fingerprint density at radius 1 is 1.10 bits per heavy atom. The van der Waals surface area contributed by atoms with Crippen molar-refractivity contribution in [2.24, 2.45) is 0 Å². The van der Waals surface area contributed by atoms with Gasteiger partial charge in [0.15, 0.2) is 6.10 Å². The van der Waals surface area contributed by atoms with Gasteiger partial charge in [0.25, 0.3) is 5.91 Å². The van der Waals surface area contributed by atoms with Gasteiger partial charge in [-0.2, -0.15) is 4.31 Å². The molecule has 0 aliphatic heterocycles. The van der Waals surface area contributed by atoms with Crippen molar-refractivity contribution in [3.63, 3.8) is 0 Å². The number of benzene rings is 2. The van der Waals surface area contributed by atoms with Crippen LogP contribution in [0.5, 0.6) is 0 Å². The molecule has 9 heteroatoms. The van der Waals surface area contributed by atoms with E-state index in [0.29, 0.717) is 13.1 Å². The number of amides is 1. The minimum atomic E-state index is -3.74. The maximum absolute atomic E-state index is 13.2. The van der Waals surface area contributed by atoms with E-state index in [1.54, 1.807) is 13.8 Å². The first-order valence-electron chi connectivity index (χ1n) is 9.06. The lowest BCUT2D eigenvalue weighted by atomic mass is 10.2. The van der Waals surface area contributed by atoms with Crippen molar-refractivity contribution < 1.29 is 27.1 Å². The summed E-state index contributed by atoms with van der Waals surface area (Å²) in [4.78, 5) is 24.5. The molecule has 0 aliphatic carbocycles. The van der Waals surface area contributed by atoms with Crippen LogP contribution in [0.25, 0.3) is 0 Å². The van der Waals surface area contributed by atoms with Gasteiger partial charge in [-0.25, -0.2) is 17.6 Å². The van der Waals surface area contributed by atoms with E-state index < -0.39 is 33.8 Å². The van der Waals surface area contributed by atoms with Crippen LogP contribution in [0.4, 0.5) is 10.1 Å². The zero-order valence-electron chi connectivity index (χ0n) is 16.4. The lowest BCUT2D eigenvalue weighted by Crippen LogP contribution is -2.31. The maximum atomic E-state index is 13.2. The smallest absolute Gasteiger partial charge is 0.338 e. The van der Waals surface area contributed by atoms with E-state index in [-0.39, 0.29) is 16.1 Å². The molecule has 0 fully saturated rings. The van der Waals surface area contributed by atoms with Gasteiger partial charge in [0, 0.05) is 18.8 Å². The largest absolute Gasteiger partial charge is 0.449 e. The van der Waals surface area contributed by atoms with Crippen molar-refractivity contribution in [2.75, 3.05) is 18.4 Å². The van der Waals surface area contributed by atoms with Crippen molar-refractivity contribution in [1.82, 2.24) is 4.31 Å². The van der Waals surface area contributed by atoms with Gasteiger partial charge >= 0.3 is 5.97 Å². The van der Waals surface area contributed by atoms with E-state index in [1.807, 2.05) is 0 Å². The molecule has 1 N–H and O–H groups in total. The van der Waals surface area contributed by atoms with Crippen LogP contribution >= 0.6 is 0 Å². The number of sulfonamides is 1. The summed E-state index contributed by atoms with van der Waals surface area (Å²) in [6, 6.07) is 10.7. The SMILES string of the molecule is CCN(CC)S(=O)(=O)c1cccc(C(=O)OC(C)C(=O)Nc2cccc(F)c2)c1. The van der Waals surface area contributed by atoms with Crippen LogP contribution < -0.4 is 5.32 Å². The molecule has 0 radical (unpaired) electrons. The van der Waals surface area contributed by atoms with Crippen LogP contribution in [0.15, 0.2) is 53.4 Å². The predicted molar refractivity (Wildman–Crippen MR) is 106 cm³/mol. The summed E-state index contributed by atoms with van der Waals surface area (Å²) >= 11 is 0. The van der Waals surface area contributed by atoms with Gasteiger partial charge in [-0.3, -0.25) is 4.79 Å². The molecule has 0 saturated carbocycles. The van der Waals surface area contributed by atoms with Crippen molar-refractivity contribution in [1.29, 1.82) is 0 Å². The van der Waals surface area contributed by atoms with Crippen LogP contribution in [-0.4, -0.2) is 43.8 Å². The van der Waals surface area contributed by atoms with Crippen molar-refractivity contribution in [3.05, 3.63) is 59.9 Å². The summed E-state index contributed by atoms with van der Waals surface area (Å²) in [5.74, 6) is -2.00. The van der Waals surface area contributed by atoms with Crippen molar-refractivity contribution >= 4 is 27.6 Å². The zero-order valence-corrected chi connectivity index (χ0v) is 17.2. The molecule has 0 spiro atoms. The minimum Gasteiger partial charge on any atom is -0.449 e. The molecule has 1 unspecified atom stereocenters. The fraction of sp³-hybridized carbons (Fsp3) is 0.300. The van der Waals surface area contributed by atoms with E-state index in [1.165, 1.54) is 53.7 Å². The fourth-order valence-corrected chi connectivity index (χ4v) is 4.09. The lowest BCUT2D eigenvalue weighted by Gasteiger charge is -2.19. The number of nitrogens with zero attached hydrogens (tertiary/aromatic N) is 1. The monoisotopic (exact) mass is 422 g/mol. The van der Waals surface area contributed by atoms with Crippen LogP contribution in [0.2, 0.25) is 0 Å². The molecule has 2 aromatic carbocycles. The zero-order chi connectivity index (χ0) is 21.6. The Kier molecular flexibility index (Phi) is 7.46. The number of hydrogen-bond acceptors (Lipinski definition) is 5. The Morgan fingerprint density at radius 3 is 2.38 bits per heavy atom. The first-order chi connectivity index (χ1) is 13.7. The molecule has 29 heavy (non-hydrogen) atoms. The van der Waals surface area contributed by atoms with Gasteiger partial charge in [-0.1, -0.05) is 26.0 Å². The highest BCUT2D eigenvalue weighted by Gasteiger charge is 2.24. The fourth-order valence-electron chi connectivity index (χ4n) is 2.59. The number of carbonyl (C=O) groups is 2. The van der Waals surface area contributed by atoms with Crippen LogP contribution in [0, 0.1) is 5.82 Å². The average Bonchev–Trinajstić information content (AvgIpc) is 2.68. The molecule has 2 rings (SSSR count). The van der Waals surface area contributed by atoms with Crippen LogP contribution in [0.1, 0.15) is 31.1 Å². The molecule has 156 valence electrons. The third kappa shape index (κ3) is 5.61. The highest BCUT2D eigenvalue weighted by Crippen LogP contribution is 2.18. The number of anilines is 1. The molecule has 1 atom stereocenters. The second-order valence-corrected chi connectivity index (χ2v) is 8.10. The number of nitrogens with one attached hydrogen (secondary N) is 1. The number of rotatable bonds is 8. The Hall–Kier alpha value is -2.78. The van der Waals surface area contributed by atoms with Gasteiger partial charge in [-0.05, 0) is 43.3 Å². The molecule has 0 heterocycles. The van der Waals surface area contributed by atoms with E-state index in [0.717, 1.165) is 6.07 Å². The Balaban J connectivity index is 2.11. The summed E-state index contributed by atoms with van der Waals surface area (Å²) in [5, 5.41) is 2.45. The molecule has 1 amide bonds. The molecular formula is C20H23FN2O5S. The van der Waals surface area contributed by atoms with Gasteiger partial charge in [-0.15, -0.1) is 0 Å². The number of ether oxygens (including phenoxy) is 1. The third-order valence-electron chi connectivity index (χ3n) is 4.16. The van der Waals surface area contributed by atoms with E-state index >= 15 is 0 Å². The van der Waals surface area contributed by atoms with Gasteiger partial charge in [0.1, 0.15) is 5.82 Å². The average molecular weight is 422 g/mol. The molecule has 0 saturated heterocycles. The number of esters is 1. The minimum absolute atomic E-state index is 0.00337. The van der Waals surface area contributed by atoms with E-state index in [9.17, 15) is 22.4 Å². The lowest BCUT2D eigenvalue weighted by molar-refractivity contribution is -0.123. The summed E-state index contributed by atoms with van der Waals surface area (Å²) < 4.78 is 44.8. The second kappa shape index (κ2) is 9.62. The standard InChI is InChI=1S/C20H23FN2O5S/c1-4-23(5-2)29(26,27)18-11-6-8-15(12-18)20(25)28-14(3)19(24)22-17-10-7-9-16(21)13-17/h6-14H,4-5H2,1-3H3,(H,22,24). The summed E-state index contributed by atoms with van der Waals surface area (Å²) in [6.45, 7) is 5.40. The first-order valence-corrected chi connectivity index (χ1v) is 10.5. The molecular weight excluding hydrogens is 399 g/mol. The van der Waals surface area contributed by atoms with Crippen molar-refractivity contribution in [3.8, 4) is 0 Å². The van der Waals surface area contributed by atoms with Crippen LogP contribution in [-0.2, 0) is 19.6 Å². The summed E-state index contributed by atoms with van der Waals surface area (Å²) in [5.41, 5.74) is 0.230. The van der Waals surface area contributed by atoms with Gasteiger partial charge in [0.2, 0.25) is 10.0 Å². The normalized spacial score (nSPS) is 12.4. The maximum Gasteiger partial charge on any atom is 0.338 e. The Bertz CT molecular complexity index is 990. The highest BCUT2D eigenvalue weighted by atomic mass is 32.2. The molecule has 0 aliphatic rings. The summed E-state index contributed by atoms with van der Waals surface area (Å²) in [7, 11) is -3.74. The first kappa shape index (κ1) is 22.5. The van der Waals surface area contributed by atoms with Crippen molar-refractivity contribution in [2.45, 2.75) is 31.8 Å². The third-order valence-corrected chi connectivity index (χ3v) is 6.20. The summed E-state index contributed by atoms with van der Waals surface area (Å²) in [6.07, 6.45) is -1.17. The molecule has 7 nitrogen and oxygen atoms in total. The topological polar surface area (TPSA) is 92.8 Å². The quantitative estimate of drug-likeness (QED) is 0.660. The molecule has 0 aromatic heterocycles. The Labute approximate surface area is 169 Å². The number of carbonyl (C=O) groups excluding carboxylic acids is 2. The number of hydrogen-bond donors (Lipinski definition) is 1. The van der Waals surface area contributed by atoms with Gasteiger partial charge < -0.3 is 10.1 Å². The molecule has 2 aromatic rings. The Morgan fingerprint density at radius 2 is 1.76 bits per heavy atom.